The second-order valence-electron chi connectivity index (χ2n) is 5.75. The van der Waals surface area contributed by atoms with Crippen molar-refractivity contribution in [3.63, 3.8) is 0 Å². The summed E-state index contributed by atoms with van der Waals surface area (Å²) in [6.45, 7) is 10.4. The maximum Gasteiger partial charge on any atom is 0.170 e. The average Bonchev–Trinajstić information content (AvgIpc) is 2.86. The Kier molecular flexibility index (Phi) is 4.84. The van der Waals surface area contributed by atoms with Crippen molar-refractivity contribution in [1.82, 2.24) is 25.5 Å². The summed E-state index contributed by atoms with van der Waals surface area (Å²) >= 11 is 0. The molecule has 0 unspecified atom stereocenters. The van der Waals surface area contributed by atoms with Crippen molar-refractivity contribution in [2.45, 2.75) is 40.2 Å². The van der Waals surface area contributed by atoms with Gasteiger partial charge in [-0.25, -0.2) is 0 Å². The van der Waals surface area contributed by atoms with Crippen molar-refractivity contribution in [1.29, 1.82) is 0 Å². The summed E-state index contributed by atoms with van der Waals surface area (Å²) in [7, 11) is 0. The van der Waals surface area contributed by atoms with Gasteiger partial charge in [-0.2, -0.15) is 4.68 Å². The zero-order valence-corrected chi connectivity index (χ0v) is 12.7. The minimum Gasteiger partial charge on any atom is -0.310 e. The van der Waals surface area contributed by atoms with Crippen LogP contribution in [0.2, 0.25) is 0 Å². The molecule has 0 atom stereocenters. The van der Waals surface area contributed by atoms with E-state index in [0.717, 1.165) is 18.1 Å². The number of aromatic nitrogens is 4. The van der Waals surface area contributed by atoms with Crippen LogP contribution in [0.25, 0.3) is 5.69 Å². The molecule has 0 aliphatic rings. The number of rotatable bonds is 6. The molecule has 1 aromatic heterocycles. The first-order chi connectivity index (χ1) is 9.59. The molecule has 108 valence electrons. The molecule has 2 rings (SSSR count). The minimum atomic E-state index is 0.437. The minimum absolute atomic E-state index is 0.437. The second kappa shape index (κ2) is 6.61. The van der Waals surface area contributed by atoms with Gasteiger partial charge in [0.15, 0.2) is 5.82 Å². The van der Waals surface area contributed by atoms with E-state index in [0.29, 0.717) is 18.4 Å². The summed E-state index contributed by atoms with van der Waals surface area (Å²) in [4.78, 5) is 0. The van der Waals surface area contributed by atoms with Crippen LogP contribution in [-0.2, 0) is 6.54 Å². The molecule has 0 saturated carbocycles. The summed E-state index contributed by atoms with van der Waals surface area (Å²) in [5, 5.41) is 15.5. The summed E-state index contributed by atoms with van der Waals surface area (Å²) in [6.07, 6.45) is 0. The number of benzene rings is 1. The predicted octanol–water partition coefficient (Wildman–Crippen LogP) is 2.53. The largest absolute Gasteiger partial charge is 0.310 e. The Bertz CT molecular complexity index is 545. The standard InChI is InChI=1S/C15H23N5/c1-11(2)9-16-10-15-17-18-19-20(15)14-8-6-5-7-13(14)12(3)4/h5-8,11-12,16H,9-10H2,1-4H3. The van der Waals surface area contributed by atoms with Crippen LogP contribution in [0.15, 0.2) is 24.3 Å². The van der Waals surface area contributed by atoms with Crippen LogP contribution in [0.3, 0.4) is 0 Å². The Balaban J connectivity index is 2.24. The van der Waals surface area contributed by atoms with Crippen molar-refractivity contribution in [2.24, 2.45) is 5.92 Å². The SMILES string of the molecule is CC(C)CNCc1nnnn1-c1ccccc1C(C)C. The molecule has 0 fully saturated rings. The topological polar surface area (TPSA) is 55.6 Å². The smallest absolute Gasteiger partial charge is 0.170 e. The molecule has 0 aliphatic heterocycles. The van der Waals surface area contributed by atoms with Gasteiger partial charge in [0.25, 0.3) is 0 Å². The third-order valence-electron chi connectivity index (χ3n) is 3.16. The lowest BCUT2D eigenvalue weighted by Crippen LogP contribution is -2.21. The molecule has 0 amide bonds. The summed E-state index contributed by atoms with van der Waals surface area (Å²) < 4.78 is 1.84. The average molecular weight is 273 g/mol. The second-order valence-corrected chi connectivity index (χ2v) is 5.75. The fourth-order valence-electron chi connectivity index (χ4n) is 2.14. The highest BCUT2D eigenvalue weighted by molar-refractivity contribution is 5.42. The van der Waals surface area contributed by atoms with Gasteiger partial charge in [-0.3, -0.25) is 0 Å². The van der Waals surface area contributed by atoms with E-state index >= 15 is 0 Å². The van der Waals surface area contributed by atoms with Crippen LogP contribution in [0, 0.1) is 5.92 Å². The molecule has 20 heavy (non-hydrogen) atoms. The van der Waals surface area contributed by atoms with E-state index in [1.807, 2.05) is 10.7 Å². The Hall–Kier alpha value is -1.75. The highest BCUT2D eigenvalue weighted by atomic mass is 15.5. The van der Waals surface area contributed by atoms with Crippen molar-refractivity contribution >= 4 is 0 Å². The highest BCUT2D eigenvalue weighted by Crippen LogP contribution is 2.22. The maximum atomic E-state index is 4.14. The molecule has 1 heterocycles. The van der Waals surface area contributed by atoms with Gasteiger partial charge < -0.3 is 5.32 Å². The van der Waals surface area contributed by atoms with Gasteiger partial charge >= 0.3 is 0 Å². The molecule has 5 nitrogen and oxygen atoms in total. The molecule has 0 spiro atoms. The number of tetrazole rings is 1. The Morgan fingerprint density at radius 3 is 2.60 bits per heavy atom. The van der Waals surface area contributed by atoms with E-state index in [-0.39, 0.29) is 0 Å². The first-order valence-corrected chi connectivity index (χ1v) is 7.17. The third-order valence-corrected chi connectivity index (χ3v) is 3.16. The summed E-state index contributed by atoms with van der Waals surface area (Å²) in [5.74, 6) is 1.90. The number of para-hydroxylation sites is 1. The zero-order chi connectivity index (χ0) is 14.5. The van der Waals surface area contributed by atoms with Gasteiger partial charge in [0.05, 0.1) is 12.2 Å². The van der Waals surface area contributed by atoms with Crippen LogP contribution < -0.4 is 5.32 Å². The maximum absolute atomic E-state index is 4.14. The van der Waals surface area contributed by atoms with Gasteiger partial charge in [-0.05, 0) is 40.4 Å². The summed E-state index contributed by atoms with van der Waals surface area (Å²) in [5.41, 5.74) is 2.32. The number of nitrogens with one attached hydrogen (secondary N) is 1. The lowest BCUT2D eigenvalue weighted by molar-refractivity contribution is 0.537. The first kappa shape index (κ1) is 14.7. The van der Waals surface area contributed by atoms with Gasteiger partial charge in [-0.1, -0.05) is 45.9 Å². The van der Waals surface area contributed by atoms with E-state index in [4.69, 9.17) is 0 Å². The van der Waals surface area contributed by atoms with Crippen LogP contribution >= 0.6 is 0 Å². The fourth-order valence-corrected chi connectivity index (χ4v) is 2.14. The van der Waals surface area contributed by atoms with E-state index in [9.17, 15) is 0 Å². The van der Waals surface area contributed by atoms with E-state index < -0.39 is 0 Å². The molecule has 0 radical (unpaired) electrons. The number of hydrogen-bond acceptors (Lipinski definition) is 4. The molecule has 5 heteroatoms. The number of hydrogen-bond donors (Lipinski definition) is 1. The zero-order valence-electron chi connectivity index (χ0n) is 12.7. The Morgan fingerprint density at radius 1 is 1.15 bits per heavy atom. The predicted molar refractivity (Wildman–Crippen MR) is 79.8 cm³/mol. The van der Waals surface area contributed by atoms with Crippen LogP contribution in [0.5, 0.6) is 0 Å². The third kappa shape index (κ3) is 3.42. The quantitative estimate of drug-likeness (QED) is 0.878. The van der Waals surface area contributed by atoms with Crippen molar-refractivity contribution in [3.8, 4) is 5.69 Å². The molecule has 0 aliphatic carbocycles. The molecular formula is C15H23N5. The first-order valence-electron chi connectivity index (χ1n) is 7.17. The van der Waals surface area contributed by atoms with Crippen LogP contribution in [0.1, 0.15) is 45.0 Å². The Labute approximate surface area is 120 Å². The van der Waals surface area contributed by atoms with Gasteiger partial charge in [0, 0.05) is 0 Å². The van der Waals surface area contributed by atoms with Gasteiger partial charge in [0.1, 0.15) is 0 Å². The van der Waals surface area contributed by atoms with Crippen LogP contribution in [-0.4, -0.2) is 26.8 Å². The van der Waals surface area contributed by atoms with Crippen molar-refractivity contribution in [3.05, 3.63) is 35.7 Å². The van der Waals surface area contributed by atoms with Gasteiger partial charge in [0.2, 0.25) is 0 Å². The van der Waals surface area contributed by atoms with Crippen LogP contribution in [0.4, 0.5) is 0 Å². The molecular weight excluding hydrogens is 250 g/mol. The molecule has 1 N–H and O–H groups in total. The highest BCUT2D eigenvalue weighted by Gasteiger charge is 2.13. The number of nitrogens with zero attached hydrogens (tertiary/aromatic N) is 4. The lowest BCUT2D eigenvalue weighted by atomic mass is 10.0. The monoisotopic (exact) mass is 273 g/mol. The van der Waals surface area contributed by atoms with Gasteiger partial charge in [-0.15, -0.1) is 5.10 Å². The molecule has 2 aromatic rings. The molecule has 0 saturated heterocycles. The fraction of sp³-hybridized carbons (Fsp3) is 0.533. The molecule has 0 bridgehead atoms. The Morgan fingerprint density at radius 2 is 1.90 bits per heavy atom. The van der Waals surface area contributed by atoms with Crippen molar-refractivity contribution < 1.29 is 0 Å². The lowest BCUT2D eigenvalue weighted by Gasteiger charge is -2.13. The van der Waals surface area contributed by atoms with E-state index in [1.54, 1.807) is 0 Å². The molecule has 1 aromatic carbocycles. The van der Waals surface area contributed by atoms with E-state index in [1.165, 1.54) is 5.56 Å². The van der Waals surface area contributed by atoms with E-state index in [2.05, 4.69) is 66.7 Å². The summed E-state index contributed by atoms with van der Waals surface area (Å²) in [6, 6.07) is 8.28. The normalized spacial score (nSPS) is 11.5. The van der Waals surface area contributed by atoms with Crippen molar-refractivity contribution in [2.75, 3.05) is 6.54 Å².